The number of aromatic nitrogens is 6. The molecule has 4 aromatic rings. The van der Waals surface area contributed by atoms with E-state index in [2.05, 4.69) is 22.3 Å². The molecule has 1 amide bonds. The number of carbonyl (C=O) groups is 1. The second-order valence-corrected chi connectivity index (χ2v) is 8.43. The number of amides is 1. The molecule has 178 valence electrons. The zero-order valence-electron chi connectivity index (χ0n) is 19.9. The maximum absolute atomic E-state index is 13.4. The van der Waals surface area contributed by atoms with Crippen molar-refractivity contribution in [2.45, 2.75) is 53.2 Å². The van der Waals surface area contributed by atoms with E-state index in [1.807, 2.05) is 37.3 Å². The van der Waals surface area contributed by atoms with Crippen molar-refractivity contribution < 1.29 is 4.79 Å². The summed E-state index contributed by atoms with van der Waals surface area (Å²) in [6.07, 6.45) is 3.40. The van der Waals surface area contributed by atoms with Crippen LogP contribution in [0.2, 0.25) is 0 Å². The number of anilines is 1. The third-order valence-electron chi connectivity index (χ3n) is 5.99. The zero-order valence-corrected chi connectivity index (χ0v) is 19.9. The van der Waals surface area contributed by atoms with Gasteiger partial charge < -0.3 is 9.88 Å². The van der Waals surface area contributed by atoms with Gasteiger partial charge in [-0.05, 0) is 25.8 Å². The number of benzene rings is 1. The predicted molar refractivity (Wildman–Crippen MR) is 130 cm³/mol. The number of hydrogen-bond acceptors (Lipinski definition) is 5. The van der Waals surface area contributed by atoms with Crippen LogP contribution in [0.1, 0.15) is 36.7 Å². The van der Waals surface area contributed by atoms with E-state index in [0.717, 1.165) is 28.7 Å². The summed E-state index contributed by atoms with van der Waals surface area (Å²) in [5.74, 6) is -0.469. The van der Waals surface area contributed by atoms with Crippen LogP contribution >= 0.6 is 0 Å². The monoisotopic (exact) mass is 463 g/mol. The molecule has 34 heavy (non-hydrogen) atoms. The zero-order chi connectivity index (χ0) is 24.4. The molecule has 4 rings (SSSR count). The summed E-state index contributed by atoms with van der Waals surface area (Å²) in [6.45, 7) is 6.13. The van der Waals surface area contributed by atoms with Crippen LogP contribution in [0.3, 0.4) is 0 Å². The van der Waals surface area contributed by atoms with E-state index in [4.69, 9.17) is 0 Å². The third-order valence-corrected chi connectivity index (χ3v) is 5.99. The molecular weight excluding hydrogens is 434 g/mol. The number of nitrogens with one attached hydrogen (secondary N) is 1. The van der Waals surface area contributed by atoms with Crippen molar-refractivity contribution in [1.29, 1.82) is 0 Å². The first-order valence-corrected chi connectivity index (χ1v) is 11.3. The Labute approximate surface area is 196 Å². The molecule has 0 unspecified atom stereocenters. The Morgan fingerprint density at radius 3 is 2.47 bits per heavy atom. The summed E-state index contributed by atoms with van der Waals surface area (Å²) in [5, 5.41) is 7.11. The molecule has 0 aliphatic carbocycles. The summed E-state index contributed by atoms with van der Waals surface area (Å²) < 4.78 is 5.89. The quantitative estimate of drug-likeness (QED) is 0.431. The van der Waals surface area contributed by atoms with E-state index in [0.29, 0.717) is 29.1 Å². The molecule has 3 aromatic heterocycles. The SMILES string of the molecule is CCCCn1cnc2c1c(=O)n(CC(=O)Nc1c(C)nn(C)c1C)c(=O)n2Cc1ccccc1. The second-order valence-electron chi connectivity index (χ2n) is 8.43. The van der Waals surface area contributed by atoms with E-state index in [9.17, 15) is 14.4 Å². The number of carbonyl (C=O) groups excluding carboxylic acids is 1. The lowest BCUT2D eigenvalue weighted by molar-refractivity contribution is -0.116. The van der Waals surface area contributed by atoms with Crippen molar-refractivity contribution in [1.82, 2.24) is 28.5 Å². The summed E-state index contributed by atoms with van der Waals surface area (Å²) in [5.41, 5.74) is 2.48. The van der Waals surface area contributed by atoms with Crippen molar-refractivity contribution in [2.75, 3.05) is 5.32 Å². The van der Waals surface area contributed by atoms with Gasteiger partial charge in [0.2, 0.25) is 5.91 Å². The smallest absolute Gasteiger partial charge is 0.325 e. The molecular formula is C24H29N7O3. The Morgan fingerprint density at radius 1 is 1.09 bits per heavy atom. The average molecular weight is 464 g/mol. The number of hydrogen-bond donors (Lipinski definition) is 1. The molecule has 0 aliphatic heterocycles. The standard InChI is InChI=1S/C24H29N7O3/c1-5-6-12-29-15-25-22-21(29)23(33)31(24(34)30(22)13-18-10-8-7-9-11-18)14-19(32)26-20-16(2)27-28(4)17(20)3/h7-11,15H,5-6,12-14H2,1-4H3,(H,26,32). The highest BCUT2D eigenvalue weighted by Crippen LogP contribution is 2.18. The van der Waals surface area contributed by atoms with Crippen LogP contribution in [0.25, 0.3) is 11.2 Å². The van der Waals surface area contributed by atoms with E-state index in [1.54, 1.807) is 29.5 Å². The fourth-order valence-electron chi connectivity index (χ4n) is 4.06. The van der Waals surface area contributed by atoms with Gasteiger partial charge in [-0.1, -0.05) is 43.7 Å². The molecule has 0 spiro atoms. The van der Waals surface area contributed by atoms with E-state index < -0.39 is 23.7 Å². The topological polar surface area (TPSA) is 109 Å². The van der Waals surface area contributed by atoms with Crippen LogP contribution in [0.4, 0.5) is 5.69 Å². The van der Waals surface area contributed by atoms with Crippen molar-refractivity contribution in [2.24, 2.45) is 7.05 Å². The molecule has 0 fully saturated rings. The summed E-state index contributed by atoms with van der Waals surface area (Å²) in [7, 11) is 1.79. The Hall–Kier alpha value is -3.95. The molecule has 3 heterocycles. The molecule has 10 heteroatoms. The number of nitrogens with zero attached hydrogens (tertiary/aromatic N) is 6. The first-order valence-electron chi connectivity index (χ1n) is 11.3. The maximum atomic E-state index is 13.4. The highest BCUT2D eigenvalue weighted by Gasteiger charge is 2.21. The molecule has 10 nitrogen and oxygen atoms in total. The Balaban J connectivity index is 1.79. The second kappa shape index (κ2) is 9.50. The van der Waals surface area contributed by atoms with Crippen LogP contribution in [0.5, 0.6) is 0 Å². The fourth-order valence-corrected chi connectivity index (χ4v) is 4.06. The van der Waals surface area contributed by atoms with Gasteiger partial charge in [0.05, 0.1) is 29.9 Å². The summed E-state index contributed by atoms with van der Waals surface area (Å²) >= 11 is 0. The Kier molecular flexibility index (Phi) is 6.49. The van der Waals surface area contributed by atoms with Gasteiger partial charge in [0.1, 0.15) is 6.54 Å². The van der Waals surface area contributed by atoms with Crippen LogP contribution in [0, 0.1) is 13.8 Å². The first-order chi connectivity index (χ1) is 16.3. The van der Waals surface area contributed by atoms with Gasteiger partial charge in [-0.2, -0.15) is 5.10 Å². The van der Waals surface area contributed by atoms with Crippen LogP contribution in [0.15, 0.2) is 46.2 Å². The molecule has 0 aliphatic rings. The normalized spacial score (nSPS) is 11.3. The lowest BCUT2D eigenvalue weighted by atomic mass is 10.2. The van der Waals surface area contributed by atoms with Crippen LogP contribution in [-0.2, 0) is 31.5 Å². The molecule has 0 atom stereocenters. The largest absolute Gasteiger partial charge is 0.333 e. The minimum Gasteiger partial charge on any atom is -0.325 e. The number of imidazole rings is 1. The van der Waals surface area contributed by atoms with Gasteiger partial charge in [0.25, 0.3) is 5.56 Å². The van der Waals surface area contributed by atoms with Crippen molar-refractivity contribution >= 4 is 22.8 Å². The number of rotatable bonds is 8. The average Bonchev–Trinajstić information content (AvgIpc) is 3.35. The lowest BCUT2D eigenvalue weighted by Crippen LogP contribution is -2.43. The fraction of sp³-hybridized carbons (Fsp3) is 0.375. The molecule has 0 radical (unpaired) electrons. The minimum absolute atomic E-state index is 0.240. The minimum atomic E-state index is -0.572. The molecule has 0 saturated heterocycles. The van der Waals surface area contributed by atoms with Gasteiger partial charge in [0, 0.05) is 13.6 Å². The van der Waals surface area contributed by atoms with Gasteiger partial charge in [-0.25, -0.2) is 14.3 Å². The van der Waals surface area contributed by atoms with Crippen LogP contribution in [-0.4, -0.2) is 34.4 Å². The third kappa shape index (κ3) is 4.30. The molecule has 1 N–H and O–H groups in total. The van der Waals surface area contributed by atoms with Crippen molar-refractivity contribution in [3.05, 3.63) is 74.4 Å². The number of unbranched alkanes of at least 4 members (excludes halogenated alkanes) is 1. The van der Waals surface area contributed by atoms with Crippen molar-refractivity contribution in [3.63, 3.8) is 0 Å². The van der Waals surface area contributed by atoms with Crippen LogP contribution < -0.4 is 16.6 Å². The molecule has 1 aromatic carbocycles. The highest BCUT2D eigenvalue weighted by atomic mass is 16.2. The van der Waals surface area contributed by atoms with Gasteiger partial charge in [-0.3, -0.25) is 18.8 Å². The van der Waals surface area contributed by atoms with E-state index in [1.165, 1.54) is 4.57 Å². The van der Waals surface area contributed by atoms with Gasteiger partial charge in [-0.15, -0.1) is 0 Å². The summed E-state index contributed by atoms with van der Waals surface area (Å²) in [6, 6.07) is 9.48. The maximum Gasteiger partial charge on any atom is 0.333 e. The predicted octanol–water partition coefficient (Wildman–Crippen LogP) is 2.20. The Bertz CT molecular complexity index is 1460. The Morgan fingerprint density at radius 2 is 1.82 bits per heavy atom. The van der Waals surface area contributed by atoms with Gasteiger partial charge >= 0.3 is 5.69 Å². The van der Waals surface area contributed by atoms with Crippen molar-refractivity contribution in [3.8, 4) is 0 Å². The van der Waals surface area contributed by atoms with E-state index >= 15 is 0 Å². The number of aryl methyl sites for hydroxylation is 3. The molecule has 0 bridgehead atoms. The number of fused-ring (bicyclic) bond motifs is 1. The lowest BCUT2D eigenvalue weighted by Gasteiger charge is -2.13. The highest BCUT2D eigenvalue weighted by molar-refractivity contribution is 5.91. The molecule has 0 saturated carbocycles. The van der Waals surface area contributed by atoms with Gasteiger partial charge in [0.15, 0.2) is 11.2 Å². The van der Waals surface area contributed by atoms with E-state index in [-0.39, 0.29) is 6.54 Å². The first kappa shape index (κ1) is 23.2. The summed E-state index contributed by atoms with van der Waals surface area (Å²) in [4.78, 5) is 44.2.